The summed E-state index contributed by atoms with van der Waals surface area (Å²) < 4.78 is 32.8. The number of carbonyl (C=O) groups is 1. The molecule has 1 aliphatic carbocycles. The zero-order valence-electron chi connectivity index (χ0n) is 16.8. The number of halogens is 1. The minimum Gasteiger partial charge on any atom is -0.497 e. The molecule has 0 saturated heterocycles. The molecule has 0 bridgehead atoms. The van der Waals surface area contributed by atoms with E-state index in [2.05, 4.69) is 11.4 Å². The molecule has 160 valence electrons. The molecule has 0 atom stereocenters. The first-order valence-electron chi connectivity index (χ1n) is 9.77. The van der Waals surface area contributed by atoms with Gasteiger partial charge in [-0.15, -0.1) is 0 Å². The lowest BCUT2D eigenvalue weighted by molar-refractivity contribution is -0.119. The molecule has 1 N–H and O–H groups in total. The van der Waals surface area contributed by atoms with Crippen LogP contribution in [0.25, 0.3) is 0 Å². The Morgan fingerprint density at radius 2 is 1.80 bits per heavy atom. The van der Waals surface area contributed by atoms with E-state index in [0.717, 1.165) is 23.6 Å². The third-order valence-electron chi connectivity index (χ3n) is 4.95. The number of sulfonamides is 1. The molecule has 3 rings (SSSR count). The molecule has 1 aliphatic rings. The minimum absolute atomic E-state index is 0.0704. The standard InChI is InChI=1S/C22H25ClN2O4S/c1-29-20-11-13-21(14-12-20)30(27,28)25(19-9-7-18(23)8-10-19)16-22(26)24-15-17-5-3-2-4-6-17/h5,7-14H,2-4,6,15-16H2,1H3,(H,24,26). The Bertz CT molecular complexity index is 1000. The van der Waals surface area contributed by atoms with Crippen molar-refractivity contribution in [2.24, 2.45) is 0 Å². The molecule has 0 aromatic heterocycles. The maximum Gasteiger partial charge on any atom is 0.264 e. The number of ether oxygens (including phenoxy) is 1. The molecule has 0 saturated carbocycles. The average molecular weight is 449 g/mol. The molecule has 8 heteroatoms. The van der Waals surface area contributed by atoms with Crippen molar-refractivity contribution in [1.29, 1.82) is 0 Å². The zero-order valence-corrected chi connectivity index (χ0v) is 18.4. The molecular weight excluding hydrogens is 424 g/mol. The first-order valence-corrected chi connectivity index (χ1v) is 11.6. The maximum atomic E-state index is 13.3. The lowest BCUT2D eigenvalue weighted by Crippen LogP contribution is -2.41. The fourth-order valence-electron chi connectivity index (χ4n) is 3.26. The number of anilines is 1. The van der Waals surface area contributed by atoms with Gasteiger partial charge in [-0.1, -0.05) is 23.3 Å². The van der Waals surface area contributed by atoms with E-state index < -0.39 is 10.0 Å². The Kier molecular flexibility index (Phi) is 7.39. The van der Waals surface area contributed by atoms with Gasteiger partial charge in [0.1, 0.15) is 12.3 Å². The van der Waals surface area contributed by atoms with Crippen molar-refractivity contribution in [3.05, 3.63) is 65.2 Å². The van der Waals surface area contributed by atoms with Crippen molar-refractivity contribution >= 4 is 33.2 Å². The van der Waals surface area contributed by atoms with Gasteiger partial charge in [-0.2, -0.15) is 0 Å². The molecule has 2 aromatic rings. The SMILES string of the molecule is COc1ccc(S(=O)(=O)N(CC(=O)NCC2=CCCCC2)c2ccc(Cl)cc2)cc1. The summed E-state index contributed by atoms with van der Waals surface area (Å²) in [6.45, 7) is 0.110. The number of allylic oxidation sites excluding steroid dienone is 1. The quantitative estimate of drug-likeness (QED) is 0.615. The summed E-state index contributed by atoms with van der Waals surface area (Å²) in [4.78, 5) is 12.7. The number of nitrogens with zero attached hydrogens (tertiary/aromatic N) is 1. The highest BCUT2D eigenvalue weighted by atomic mass is 35.5. The Labute approximate surface area is 182 Å². The minimum atomic E-state index is -3.97. The van der Waals surface area contributed by atoms with Crippen molar-refractivity contribution in [3.8, 4) is 5.75 Å². The van der Waals surface area contributed by atoms with Gasteiger partial charge < -0.3 is 10.1 Å². The number of hydrogen-bond donors (Lipinski definition) is 1. The lowest BCUT2D eigenvalue weighted by Gasteiger charge is -2.24. The highest BCUT2D eigenvalue weighted by molar-refractivity contribution is 7.92. The van der Waals surface area contributed by atoms with E-state index in [0.29, 0.717) is 23.0 Å². The van der Waals surface area contributed by atoms with Gasteiger partial charge in [0, 0.05) is 11.6 Å². The number of nitrogens with one attached hydrogen (secondary N) is 1. The van der Waals surface area contributed by atoms with Crippen molar-refractivity contribution < 1.29 is 17.9 Å². The fraction of sp³-hybridized carbons (Fsp3) is 0.318. The van der Waals surface area contributed by atoms with Crippen LogP contribution in [0.15, 0.2) is 65.1 Å². The Morgan fingerprint density at radius 1 is 1.10 bits per heavy atom. The number of rotatable bonds is 8. The normalized spacial score (nSPS) is 14.0. The van der Waals surface area contributed by atoms with Crippen LogP contribution in [0.5, 0.6) is 5.75 Å². The molecule has 30 heavy (non-hydrogen) atoms. The van der Waals surface area contributed by atoms with Crippen molar-refractivity contribution in [1.82, 2.24) is 5.32 Å². The molecule has 2 aromatic carbocycles. The molecule has 0 radical (unpaired) electrons. The van der Waals surface area contributed by atoms with Gasteiger partial charge >= 0.3 is 0 Å². The van der Waals surface area contributed by atoms with Gasteiger partial charge in [0.25, 0.3) is 10.0 Å². The van der Waals surface area contributed by atoms with E-state index in [-0.39, 0.29) is 17.3 Å². The molecule has 0 aliphatic heterocycles. The number of methoxy groups -OCH3 is 1. The number of carbonyl (C=O) groups excluding carboxylic acids is 1. The van der Waals surface area contributed by atoms with Crippen LogP contribution in [0.3, 0.4) is 0 Å². The van der Waals surface area contributed by atoms with Crippen molar-refractivity contribution in [2.75, 3.05) is 24.5 Å². The third kappa shape index (κ3) is 5.55. The highest BCUT2D eigenvalue weighted by Crippen LogP contribution is 2.26. The van der Waals surface area contributed by atoms with E-state index in [4.69, 9.17) is 16.3 Å². The summed E-state index contributed by atoms with van der Waals surface area (Å²) in [6, 6.07) is 12.4. The van der Waals surface area contributed by atoms with Crippen LogP contribution >= 0.6 is 11.6 Å². The van der Waals surface area contributed by atoms with Gasteiger partial charge in [-0.25, -0.2) is 8.42 Å². The van der Waals surface area contributed by atoms with E-state index in [9.17, 15) is 13.2 Å². The predicted molar refractivity (Wildman–Crippen MR) is 119 cm³/mol. The highest BCUT2D eigenvalue weighted by Gasteiger charge is 2.27. The monoisotopic (exact) mass is 448 g/mol. The molecule has 0 heterocycles. The van der Waals surface area contributed by atoms with E-state index in [1.807, 2.05) is 0 Å². The number of benzene rings is 2. The summed E-state index contributed by atoms with van der Waals surface area (Å²) in [6.07, 6.45) is 6.42. The summed E-state index contributed by atoms with van der Waals surface area (Å²) in [5.74, 6) is 0.180. The van der Waals surface area contributed by atoms with Crippen LogP contribution in [0.4, 0.5) is 5.69 Å². The summed E-state index contributed by atoms with van der Waals surface area (Å²) in [5.41, 5.74) is 1.55. The Morgan fingerprint density at radius 3 is 2.40 bits per heavy atom. The largest absolute Gasteiger partial charge is 0.497 e. The van der Waals surface area contributed by atoms with Gasteiger partial charge in [0.15, 0.2) is 0 Å². The van der Waals surface area contributed by atoms with Crippen LogP contribution in [-0.4, -0.2) is 34.5 Å². The van der Waals surface area contributed by atoms with Gasteiger partial charge in [0.05, 0.1) is 17.7 Å². The first kappa shape index (κ1) is 22.2. The van der Waals surface area contributed by atoms with Crippen molar-refractivity contribution in [3.63, 3.8) is 0 Å². The molecule has 0 fully saturated rings. The number of amides is 1. The summed E-state index contributed by atoms with van der Waals surface area (Å²) in [7, 11) is -2.46. The lowest BCUT2D eigenvalue weighted by atomic mass is 10.00. The van der Waals surface area contributed by atoms with Gasteiger partial charge in [0.2, 0.25) is 5.91 Å². The molecule has 1 amide bonds. The fourth-order valence-corrected chi connectivity index (χ4v) is 4.81. The van der Waals surface area contributed by atoms with Crippen LogP contribution in [-0.2, 0) is 14.8 Å². The van der Waals surface area contributed by atoms with Gasteiger partial charge in [-0.05, 0) is 74.2 Å². The molecule has 6 nitrogen and oxygen atoms in total. The summed E-state index contributed by atoms with van der Waals surface area (Å²) >= 11 is 5.96. The van der Waals surface area contributed by atoms with Crippen LogP contribution in [0.2, 0.25) is 5.02 Å². The predicted octanol–water partition coefficient (Wildman–Crippen LogP) is 4.16. The van der Waals surface area contributed by atoms with E-state index in [1.54, 1.807) is 36.4 Å². The summed E-state index contributed by atoms with van der Waals surface area (Å²) in [5, 5.41) is 3.33. The van der Waals surface area contributed by atoms with E-state index >= 15 is 0 Å². The second-order valence-corrected chi connectivity index (χ2v) is 9.35. The zero-order chi connectivity index (χ0) is 21.6. The molecule has 0 unspecified atom stereocenters. The first-order chi connectivity index (χ1) is 14.4. The Hall–Kier alpha value is -2.51. The van der Waals surface area contributed by atoms with Crippen molar-refractivity contribution in [2.45, 2.75) is 30.6 Å². The molecule has 0 spiro atoms. The smallest absolute Gasteiger partial charge is 0.264 e. The van der Waals surface area contributed by atoms with E-state index in [1.165, 1.54) is 31.2 Å². The van der Waals surface area contributed by atoms with Gasteiger partial charge in [-0.3, -0.25) is 9.10 Å². The topological polar surface area (TPSA) is 75.7 Å². The van der Waals surface area contributed by atoms with Crippen LogP contribution in [0, 0.1) is 0 Å². The van der Waals surface area contributed by atoms with Crippen LogP contribution < -0.4 is 14.4 Å². The second kappa shape index (κ2) is 10.00. The third-order valence-corrected chi connectivity index (χ3v) is 6.99. The molecular formula is C22H25ClN2O4S. The van der Waals surface area contributed by atoms with Crippen LogP contribution in [0.1, 0.15) is 25.7 Å². The Balaban J connectivity index is 1.83. The second-order valence-electron chi connectivity index (χ2n) is 7.05. The maximum absolute atomic E-state index is 13.3. The number of hydrogen-bond acceptors (Lipinski definition) is 4. The average Bonchev–Trinajstić information content (AvgIpc) is 2.77.